The molecule has 1 atom stereocenters. The number of nitrogens with one attached hydrogen (secondary N) is 1. The zero-order valence-corrected chi connectivity index (χ0v) is 14.2. The molecular weight excluding hydrogens is 317 g/mol. The van der Waals surface area contributed by atoms with Gasteiger partial charge in [-0.1, -0.05) is 36.4 Å². The van der Waals surface area contributed by atoms with E-state index in [1.807, 2.05) is 49.3 Å². The second kappa shape index (κ2) is 7.40. The monoisotopic (exact) mass is 337 g/mol. The Labute approximate surface area is 146 Å². The number of likely N-dealkylation sites (N-methyl/N-ethyl adjacent to an activating group) is 1. The summed E-state index contributed by atoms with van der Waals surface area (Å²) in [6, 6.07) is 17.6. The summed E-state index contributed by atoms with van der Waals surface area (Å²) in [6.07, 6.45) is 0. The van der Waals surface area contributed by atoms with Gasteiger partial charge in [-0.2, -0.15) is 0 Å². The summed E-state index contributed by atoms with van der Waals surface area (Å²) in [5.41, 5.74) is 2.12. The van der Waals surface area contributed by atoms with Gasteiger partial charge in [-0.25, -0.2) is 9.37 Å². The Morgan fingerprint density at radius 2 is 1.80 bits per heavy atom. The molecule has 4 nitrogen and oxygen atoms in total. The van der Waals surface area contributed by atoms with Crippen molar-refractivity contribution >= 4 is 16.8 Å². The Hall–Kier alpha value is -2.79. The molecule has 1 unspecified atom stereocenters. The van der Waals surface area contributed by atoms with Gasteiger partial charge in [-0.3, -0.25) is 4.79 Å². The molecule has 0 fully saturated rings. The first-order valence-electron chi connectivity index (χ1n) is 8.10. The second-order valence-electron chi connectivity index (χ2n) is 6.13. The van der Waals surface area contributed by atoms with Crippen molar-refractivity contribution in [1.29, 1.82) is 0 Å². The van der Waals surface area contributed by atoms with Crippen LogP contribution in [0.25, 0.3) is 10.9 Å². The Kier molecular flexibility index (Phi) is 5.05. The average molecular weight is 337 g/mol. The number of amides is 1. The minimum absolute atomic E-state index is 0.0509. The van der Waals surface area contributed by atoms with Gasteiger partial charge in [-0.05, 0) is 43.9 Å². The number of fused-ring (bicyclic) bond motifs is 1. The number of rotatable bonds is 5. The van der Waals surface area contributed by atoms with Crippen molar-refractivity contribution in [3.63, 3.8) is 0 Å². The fraction of sp³-hybridized carbons (Fsp3) is 0.200. The smallest absolute Gasteiger partial charge is 0.269 e. The van der Waals surface area contributed by atoms with Crippen LogP contribution >= 0.6 is 0 Å². The van der Waals surface area contributed by atoms with Gasteiger partial charge in [0.25, 0.3) is 5.91 Å². The minimum atomic E-state index is -0.273. The zero-order valence-electron chi connectivity index (χ0n) is 14.2. The predicted molar refractivity (Wildman–Crippen MR) is 96.9 cm³/mol. The first-order valence-corrected chi connectivity index (χ1v) is 8.10. The van der Waals surface area contributed by atoms with Gasteiger partial charge >= 0.3 is 0 Å². The lowest BCUT2D eigenvalue weighted by Gasteiger charge is -2.25. The van der Waals surface area contributed by atoms with E-state index in [-0.39, 0.29) is 17.8 Å². The third kappa shape index (κ3) is 4.00. The van der Waals surface area contributed by atoms with Gasteiger partial charge in [0, 0.05) is 11.9 Å². The van der Waals surface area contributed by atoms with Gasteiger partial charge in [0.2, 0.25) is 0 Å². The molecule has 3 aromatic rings. The molecule has 0 aliphatic carbocycles. The normalized spacial score (nSPS) is 12.3. The van der Waals surface area contributed by atoms with Crippen molar-refractivity contribution in [2.45, 2.75) is 6.04 Å². The largest absolute Gasteiger partial charge is 0.349 e. The van der Waals surface area contributed by atoms with Crippen LogP contribution in [0.4, 0.5) is 4.39 Å². The van der Waals surface area contributed by atoms with Crippen LogP contribution in [-0.4, -0.2) is 36.4 Å². The van der Waals surface area contributed by atoms with Crippen molar-refractivity contribution in [1.82, 2.24) is 15.2 Å². The molecule has 5 heteroatoms. The van der Waals surface area contributed by atoms with Crippen LogP contribution < -0.4 is 5.32 Å². The molecule has 25 heavy (non-hydrogen) atoms. The van der Waals surface area contributed by atoms with Gasteiger partial charge in [0.05, 0.1) is 11.6 Å². The highest BCUT2D eigenvalue weighted by Gasteiger charge is 2.16. The molecule has 0 saturated carbocycles. The van der Waals surface area contributed by atoms with E-state index in [0.717, 1.165) is 16.5 Å². The maximum atomic E-state index is 13.1. The molecule has 0 bridgehead atoms. The quantitative estimate of drug-likeness (QED) is 0.776. The second-order valence-corrected chi connectivity index (χ2v) is 6.13. The van der Waals surface area contributed by atoms with E-state index in [2.05, 4.69) is 10.3 Å². The van der Waals surface area contributed by atoms with E-state index in [4.69, 9.17) is 0 Å². The van der Waals surface area contributed by atoms with Crippen LogP contribution in [-0.2, 0) is 0 Å². The standard InChI is InChI=1S/C20H20FN3O/c1-24(2)19(15-7-10-16(21)11-8-15)13-22-20(25)18-12-9-14-5-3-4-6-17(14)23-18/h3-12,19H,13H2,1-2H3,(H,22,25). The summed E-state index contributed by atoms with van der Waals surface area (Å²) < 4.78 is 13.1. The highest BCUT2D eigenvalue weighted by molar-refractivity contribution is 5.94. The number of benzene rings is 2. The van der Waals surface area contributed by atoms with E-state index in [1.165, 1.54) is 12.1 Å². The summed E-state index contributed by atoms with van der Waals surface area (Å²) in [5, 5.41) is 3.92. The molecular formula is C20H20FN3O. The molecule has 0 saturated heterocycles. The fourth-order valence-electron chi connectivity index (χ4n) is 2.76. The number of pyridine rings is 1. The van der Waals surface area contributed by atoms with E-state index < -0.39 is 0 Å². The van der Waals surface area contributed by atoms with Gasteiger partial charge in [0.1, 0.15) is 11.5 Å². The lowest BCUT2D eigenvalue weighted by molar-refractivity contribution is 0.0937. The van der Waals surface area contributed by atoms with Crippen molar-refractivity contribution in [2.24, 2.45) is 0 Å². The molecule has 1 aromatic heterocycles. The van der Waals surface area contributed by atoms with Crippen LogP contribution in [0, 0.1) is 5.82 Å². The summed E-state index contributed by atoms with van der Waals surface area (Å²) >= 11 is 0. The Morgan fingerprint density at radius 1 is 1.08 bits per heavy atom. The first kappa shape index (κ1) is 17.0. The molecule has 1 heterocycles. The molecule has 1 amide bonds. The number of carbonyl (C=O) groups excluding carboxylic acids is 1. The summed E-state index contributed by atoms with van der Waals surface area (Å²) in [5.74, 6) is -0.495. The van der Waals surface area contributed by atoms with Crippen LogP contribution in [0.2, 0.25) is 0 Å². The number of hydrogen-bond acceptors (Lipinski definition) is 3. The molecule has 0 aliphatic heterocycles. The highest BCUT2D eigenvalue weighted by atomic mass is 19.1. The van der Waals surface area contributed by atoms with Gasteiger partial charge < -0.3 is 10.2 Å². The molecule has 0 aliphatic rings. The Balaban J connectivity index is 1.73. The van der Waals surface area contributed by atoms with E-state index in [0.29, 0.717) is 12.2 Å². The topological polar surface area (TPSA) is 45.2 Å². The van der Waals surface area contributed by atoms with E-state index in [1.54, 1.807) is 18.2 Å². The van der Waals surface area contributed by atoms with Gasteiger partial charge in [0.15, 0.2) is 0 Å². The number of para-hydroxylation sites is 1. The lowest BCUT2D eigenvalue weighted by Crippen LogP contribution is -2.34. The van der Waals surface area contributed by atoms with Crippen LogP contribution in [0.3, 0.4) is 0 Å². The van der Waals surface area contributed by atoms with Gasteiger partial charge in [-0.15, -0.1) is 0 Å². The molecule has 0 radical (unpaired) electrons. The SMILES string of the molecule is CN(C)C(CNC(=O)c1ccc2ccccc2n1)c1ccc(F)cc1. The van der Waals surface area contributed by atoms with Crippen molar-refractivity contribution in [2.75, 3.05) is 20.6 Å². The van der Waals surface area contributed by atoms with E-state index in [9.17, 15) is 9.18 Å². The number of carbonyl (C=O) groups is 1. The number of aromatic nitrogens is 1. The number of halogens is 1. The number of hydrogen-bond donors (Lipinski definition) is 1. The zero-order chi connectivity index (χ0) is 17.8. The molecule has 0 spiro atoms. The number of nitrogens with zero attached hydrogens (tertiary/aromatic N) is 2. The van der Waals surface area contributed by atoms with Crippen LogP contribution in [0.5, 0.6) is 0 Å². The van der Waals surface area contributed by atoms with Crippen LogP contribution in [0.15, 0.2) is 60.7 Å². The third-order valence-corrected chi connectivity index (χ3v) is 4.17. The lowest BCUT2D eigenvalue weighted by atomic mass is 10.1. The Bertz CT molecular complexity index is 878. The first-order chi connectivity index (χ1) is 12.0. The maximum Gasteiger partial charge on any atom is 0.269 e. The third-order valence-electron chi connectivity index (χ3n) is 4.17. The summed E-state index contributed by atoms with van der Waals surface area (Å²) in [4.78, 5) is 18.8. The molecule has 3 rings (SSSR count). The molecule has 128 valence electrons. The summed E-state index contributed by atoms with van der Waals surface area (Å²) in [7, 11) is 3.85. The molecule has 1 N–H and O–H groups in total. The summed E-state index contributed by atoms with van der Waals surface area (Å²) in [6.45, 7) is 0.409. The van der Waals surface area contributed by atoms with Crippen LogP contribution in [0.1, 0.15) is 22.1 Å². The highest BCUT2D eigenvalue weighted by Crippen LogP contribution is 2.18. The van der Waals surface area contributed by atoms with Crippen molar-refractivity contribution < 1.29 is 9.18 Å². The average Bonchev–Trinajstić information content (AvgIpc) is 2.62. The Morgan fingerprint density at radius 3 is 2.52 bits per heavy atom. The fourth-order valence-corrected chi connectivity index (χ4v) is 2.76. The van der Waals surface area contributed by atoms with Crippen molar-refractivity contribution in [3.8, 4) is 0 Å². The molecule has 2 aromatic carbocycles. The minimum Gasteiger partial charge on any atom is -0.349 e. The van der Waals surface area contributed by atoms with E-state index >= 15 is 0 Å². The predicted octanol–water partition coefficient (Wildman–Crippen LogP) is 3.41. The van der Waals surface area contributed by atoms with Crippen molar-refractivity contribution in [3.05, 3.63) is 77.7 Å². The maximum absolute atomic E-state index is 13.1.